The molecule has 2 aromatic rings. The zero-order chi connectivity index (χ0) is 19.2. The molecule has 27 heavy (non-hydrogen) atoms. The summed E-state index contributed by atoms with van der Waals surface area (Å²) in [6.45, 7) is 0.724. The van der Waals surface area contributed by atoms with Crippen LogP contribution in [0.3, 0.4) is 0 Å². The molecule has 1 aliphatic rings. The number of piperazine rings is 1. The van der Waals surface area contributed by atoms with Gasteiger partial charge in [-0.25, -0.2) is 0 Å². The third-order valence-corrected chi connectivity index (χ3v) is 4.34. The minimum Gasteiger partial charge on any atom is -0.497 e. The van der Waals surface area contributed by atoms with Crippen molar-refractivity contribution >= 4 is 23.4 Å². The van der Waals surface area contributed by atoms with Crippen molar-refractivity contribution in [3.63, 3.8) is 0 Å². The van der Waals surface area contributed by atoms with Crippen molar-refractivity contribution in [3.05, 3.63) is 60.2 Å². The third-order valence-electron chi connectivity index (χ3n) is 4.34. The number of methoxy groups -OCH3 is 1. The number of anilines is 1. The molecule has 0 spiro atoms. The van der Waals surface area contributed by atoms with E-state index < -0.39 is 6.04 Å². The van der Waals surface area contributed by atoms with Crippen molar-refractivity contribution in [1.29, 1.82) is 0 Å². The van der Waals surface area contributed by atoms with E-state index in [9.17, 15) is 14.4 Å². The Morgan fingerprint density at radius 3 is 2.70 bits per heavy atom. The monoisotopic (exact) mass is 367 g/mol. The van der Waals surface area contributed by atoms with Crippen molar-refractivity contribution in [3.8, 4) is 5.75 Å². The SMILES string of the molecule is COc1cccc(NC(=O)C[C@H]2C(=O)NCCN2C(=O)c2ccccc2)c1. The van der Waals surface area contributed by atoms with Crippen LogP contribution in [-0.4, -0.2) is 48.9 Å². The van der Waals surface area contributed by atoms with Crippen molar-refractivity contribution < 1.29 is 19.1 Å². The van der Waals surface area contributed by atoms with Gasteiger partial charge in [0.25, 0.3) is 5.91 Å². The second-order valence-electron chi connectivity index (χ2n) is 6.16. The van der Waals surface area contributed by atoms with Gasteiger partial charge in [0.2, 0.25) is 11.8 Å². The molecule has 1 aliphatic heterocycles. The maximum absolute atomic E-state index is 12.8. The summed E-state index contributed by atoms with van der Waals surface area (Å²) in [5.74, 6) is -0.323. The summed E-state index contributed by atoms with van der Waals surface area (Å²) in [6.07, 6.45) is -0.123. The Hall–Kier alpha value is -3.35. The molecule has 2 N–H and O–H groups in total. The van der Waals surface area contributed by atoms with Crippen LogP contribution in [0.2, 0.25) is 0 Å². The molecule has 1 fully saturated rings. The Bertz CT molecular complexity index is 838. The number of nitrogens with one attached hydrogen (secondary N) is 2. The van der Waals surface area contributed by atoms with Gasteiger partial charge >= 0.3 is 0 Å². The Labute approximate surface area is 157 Å². The van der Waals surface area contributed by atoms with Crippen molar-refractivity contribution in [2.75, 3.05) is 25.5 Å². The average Bonchev–Trinajstić information content (AvgIpc) is 2.69. The van der Waals surface area contributed by atoms with E-state index in [0.717, 1.165) is 0 Å². The summed E-state index contributed by atoms with van der Waals surface area (Å²) >= 11 is 0. The summed E-state index contributed by atoms with van der Waals surface area (Å²) in [4.78, 5) is 39.0. The van der Waals surface area contributed by atoms with Crippen LogP contribution in [0, 0.1) is 0 Å². The largest absolute Gasteiger partial charge is 0.497 e. The first-order chi connectivity index (χ1) is 13.1. The second kappa shape index (κ2) is 8.35. The first kappa shape index (κ1) is 18.4. The molecule has 0 aromatic heterocycles. The van der Waals surface area contributed by atoms with Crippen molar-refractivity contribution in [1.82, 2.24) is 10.2 Å². The van der Waals surface area contributed by atoms with Gasteiger partial charge in [-0.15, -0.1) is 0 Å². The first-order valence-electron chi connectivity index (χ1n) is 8.66. The van der Waals surface area contributed by atoms with Crippen LogP contribution >= 0.6 is 0 Å². The molecule has 0 bridgehead atoms. The van der Waals surface area contributed by atoms with E-state index >= 15 is 0 Å². The fourth-order valence-corrected chi connectivity index (χ4v) is 3.00. The fourth-order valence-electron chi connectivity index (χ4n) is 3.00. The summed E-state index contributed by atoms with van der Waals surface area (Å²) in [7, 11) is 1.54. The van der Waals surface area contributed by atoms with E-state index in [1.54, 1.807) is 55.6 Å². The zero-order valence-electron chi connectivity index (χ0n) is 15.0. The Morgan fingerprint density at radius 1 is 1.19 bits per heavy atom. The molecule has 2 aromatic carbocycles. The van der Waals surface area contributed by atoms with Crippen LogP contribution in [-0.2, 0) is 9.59 Å². The van der Waals surface area contributed by atoms with Crippen LogP contribution in [0.15, 0.2) is 54.6 Å². The van der Waals surface area contributed by atoms with Gasteiger partial charge in [0.15, 0.2) is 0 Å². The Kier molecular flexibility index (Phi) is 5.71. The van der Waals surface area contributed by atoms with Crippen molar-refractivity contribution in [2.24, 2.45) is 0 Å². The van der Waals surface area contributed by atoms with Gasteiger partial charge in [0.05, 0.1) is 13.5 Å². The van der Waals surface area contributed by atoms with E-state index in [1.807, 2.05) is 6.07 Å². The van der Waals surface area contributed by atoms with E-state index in [-0.39, 0.29) is 24.1 Å². The van der Waals surface area contributed by atoms with E-state index in [1.165, 1.54) is 4.90 Å². The number of nitrogens with zero attached hydrogens (tertiary/aromatic N) is 1. The minimum absolute atomic E-state index is 0.123. The second-order valence-corrected chi connectivity index (χ2v) is 6.16. The zero-order valence-corrected chi connectivity index (χ0v) is 15.0. The number of rotatable bonds is 5. The number of carbonyl (C=O) groups excluding carboxylic acids is 3. The standard InChI is InChI=1S/C20H21N3O4/c1-27-16-9-5-8-15(12-16)22-18(24)13-17-19(25)21-10-11-23(17)20(26)14-6-3-2-4-7-14/h2-9,12,17H,10-11,13H2,1H3,(H,21,25)(H,22,24)/t17-/m0/s1. The van der Waals surface area contributed by atoms with Crippen LogP contribution in [0.1, 0.15) is 16.8 Å². The van der Waals surface area contributed by atoms with Crippen molar-refractivity contribution in [2.45, 2.75) is 12.5 Å². The molecule has 7 nitrogen and oxygen atoms in total. The quantitative estimate of drug-likeness (QED) is 0.841. The maximum Gasteiger partial charge on any atom is 0.254 e. The lowest BCUT2D eigenvalue weighted by atomic mass is 10.1. The van der Waals surface area contributed by atoms with Gasteiger partial charge in [0.1, 0.15) is 11.8 Å². The summed E-state index contributed by atoms with van der Waals surface area (Å²) in [5, 5.41) is 5.47. The van der Waals surface area contributed by atoms with Gasteiger partial charge in [-0.1, -0.05) is 24.3 Å². The maximum atomic E-state index is 12.8. The first-order valence-corrected chi connectivity index (χ1v) is 8.66. The van der Waals surface area contributed by atoms with Gasteiger partial charge in [0, 0.05) is 30.4 Å². The highest BCUT2D eigenvalue weighted by molar-refractivity contribution is 6.01. The lowest BCUT2D eigenvalue weighted by molar-refractivity contribution is -0.131. The Morgan fingerprint density at radius 2 is 1.96 bits per heavy atom. The van der Waals surface area contributed by atoms with Crippen LogP contribution < -0.4 is 15.4 Å². The lowest BCUT2D eigenvalue weighted by Gasteiger charge is -2.34. The topological polar surface area (TPSA) is 87.7 Å². The molecule has 1 heterocycles. The number of amides is 3. The number of hydrogen-bond acceptors (Lipinski definition) is 4. The van der Waals surface area contributed by atoms with Crippen LogP contribution in [0.5, 0.6) is 5.75 Å². The summed E-state index contributed by atoms with van der Waals surface area (Å²) in [6, 6.07) is 14.8. The third kappa shape index (κ3) is 4.44. The fraction of sp³-hybridized carbons (Fsp3) is 0.250. The number of carbonyl (C=O) groups is 3. The predicted octanol–water partition coefficient (Wildman–Crippen LogP) is 1.66. The number of hydrogen-bond donors (Lipinski definition) is 2. The molecule has 0 radical (unpaired) electrons. The predicted molar refractivity (Wildman–Crippen MR) is 101 cm³/mol. The van der Waals surface area contributed by atoms with Gasteiger partial charge in [-0.2, -0.15) is 0 Å². The Balaban J connectivity index is 1.72. The smallest absolute Gasteiger partial charge is 0.254 e. The normalized spacial score (nSPS) is 16.4. The van der Waals surface area contributed by atoms with Gasteiger partial charge in [-0.05, 0) is 24.3 Å². The number of ether oxygens (including phenoxy) is 1. The van der Waals surface area contributed by atoms with Gasteiger partial charge in [-0.3, -0.25) is 14.4 Å². The highest BCUT2D eigenvalue weighted by Gasteiger charge is 2.35. The molecule has 3 amide bonds. The molecule has 0 unspecified atom stereocenters. The highest BCUT2D eigenvalue weighted by atomic mass is 16.5. The molecule has 3 rings (SSSR count). The molecule has 140 valence electrons. The number of benzene rings is 2. The molecule has 1 atom stereocenters. The lowest BCUT2D eigenvalue weighted by Crippen LogP contribution is -2.58. The molecule has 0 aliphatic carbocycles. The van der Waals surface area contributed by atoms with Gasteiger partial charge < -0.3 is 20.3 Å². The molecule has 1 saturated heterocycles. The molecular formula is C20H21N3O4. The average molecular weight is 367 g/mol. The van der Waals surface area contributed by atoms with E-state index in [2.05, 4.69) is 10.6 Å². The molecule has 0 saturated carbocycles. The summed E-state index contributed by atoms with van der Waals surface area (Å²) in [5.41, 5.74) is 1.06. The van der Waals surface area contributed by atoms with Crippen LogP contribution in [0.4, 0.5) is 5.69 Å². The summed E-state index contributed by atoms with van der Waals surface area (Å²) < 4.78 is 5.13. The van der Waals surface area contributed by atoms with E-state index in [0.29, 0.717) is 30.1 Å². The minimum atomic E-state index is -0.850. The molecular weight excluding hydrogens is 346 g/mol. The molecule has 7 heteroatoms. The van der Waals surface area contributed by atoms with Crippen LogP contribution in [0.25, 0.3) is 0 Å². The van der Waals surface area contributed by atoms with E-state index in [4.69, 9.17) is 4.74 Å². The highest BCUT2D eigenvalue weighted by Crippen LogP contribution is 2.18.